The van der Waals surface area contributed by atoms with Gasteiger partial charge in [0, 0.05) is 35.5 Å². The van der Waals surface area contributed by atoms with Crippen molar-refractivity contribution in [2.75, 3.05) is 16.8 Å². The Kier molecular flexibility index (Phi) is 9.08. The van der Waals surface area contributed by atoms with Crippen molar-refractivity contribution < 1.29 is 9.13 Å². The van der Waals surface area contributed by atoms with Gasteiger partial charge in [-0.15, -0.1) is 0 Å². The number of nitrogen functional groups attached to an aromatic ring is 2. The Morgan fingerprint density at radius 3 is 1.55 bits per heavy atom. The van der Waals surface area contributed by atoms with Crippen LogP contribution >= 0.6 is 0 Å². The minimum Gasteiger partial charge on any atom is -0.366 e. The van der Waals surface area contributed by atoms with Crippen molar-refractivity contribution in [3.8, 4) is 0 Å². The van der Waals surface area contributed by atoms with Crippen molar-refractivity contribution >= 4 is 17.5 Å². The summed E-state index contributed by atoms with van der Waals surface area (Å²) in [6.45, 7) is 17.4. The Bertz CT molecular complexity index is 1420. The maximum absolute atomic E-state index is 6.50. The summed E-state index contributed by atoms with van der Waals surface area (Å²) >= 11 is 0. The number of nitrogens with one attached hydrogen (secondary N) is 1. The van der Waals surface area contributed by atoms with Crippen LogP contribution in [-0.4, -0.2) is 4.98 Å². The van der Waals surface area contributed by atoms with Crippen molar-refractivity contribution in [1.29, 1.82) is 0 Å². The molecule has 40 heavy (non-hydrogen) atoms. The SMILES string of the molecule is CCc1c(CNc2cc(C)cc(C)n2)c(CC)c(C[n+]2cc(C)ccc2N)c(CC)c1C[n+]1cc(C)ccc1N. The predicted octanol–water partition coefficient (Wildman–Crippen LogP) is 5.45. The van der Waals surface area contributed by atoms with E-state index in [4.69, 9.17) is 16.5 Å². The third-order valence-electron chi connectivity index (χ3n) is 7.86. The van der Waals surface area contributed by atoms with Gasteiger partial charge in [-0.2, -0.15) is 0 Å². The highest BCUT2D eigenvalue weighted by Crippen LogP contribution is 2.32. The van der Waals surface area contributed by atoms with Gasteiger partial charge in [0.25, 0.3) is 11.6 Å². The molecule has 3 heterocycles. The molecule has 0 unspecified atom stereocenters. The zero-order valence-electron chi connectivity index (χ0n) is 25.4. The van der Waals surface area contributed by atoms with E-state index in [0.717, 1.165) is 55.5 Å². The van der Waals surface area contributed by atoms with E-state index in [1.54, 1.807) is 0 Å². The summed E-state index contributed by atoms with van der Waals surface area (Å²) in [4.78, 5) is 4.76. The Morgan fingerprint density at radius 1 is 0.625 bits per heavy atom. The van der Waals surface area contributed by atoms with E-state index in [-0.39, 0.29) is 0 Å². The molecule has 0 spiro atoms. The second-order valence-electron chi connectivity index (χ2n) is 11.0. The summed E-state index contributed by atoms with van der Waals surface area (Å²) < 4.78 is 4.38. The van der Waals surface area contributed by atoms with Crippen molar-refractivity contribution in [2.24, 2.45) is 0 Å². The number of hydrogen-bond acceptors (Lipinski definition) is 4. The molecule has 4 aromatic rings. The highest BCUT2D eigenvalue weighted by Gasteiger charge is 2.25. The summed E-state index contributed by atoms with van der Waals surface area (Å²) in [5.41, 5.74) is 26.0. The Hall–Kier alpha value is -3.93. The van der Waals surface area contributed by atoms with Crippen LogP contribution in [0, 0.1) is 27.7 Å². The fourth-order valence-corrected chi connectivity index (χ4v) is 6.05. The molecule has 210 valence electrons. The second kappa shape index (κ2) is 12.5. The Labute approximate surface area is 240 Å². The molecule has 0 aliphatic carbocycles. The number of pyridine rings is 3. The molecule has 1 aromatic carbocycles. The molecule has 0 radical (unpaired) electrons. The zero-order chi connectivity index (χ0) is 29.0. The van der Waals surface area contributed by atoms with E-state index >= 15 is 0 Å². The first-order chi connectivity index (χ1) is 19.1. The monoisotopic (exact) mass is 538 g/mol. The fraction of sp³-hybridized carbons (Fsp3) is 0.382. The number of hydrogen-bond donors (Lipinski definition) is 3. The van der Waals surface area contributed by atoms with Crippen LogP contribution in [0.25, 0.3) is 0 Å². The third kappa shape index (κ3) is 6.27. The molecule has 0 amide bonds. The maximum atomic E-state index is 6.50. The molecule has 0 atom stereocenters. The first kappa shape index (κ1) is 29.1. The molecule has 6 heteroatoms. The minimum atomic E-state index is 0.716. The quantitative estimate of drug-likeness (QED) is 0.234. The fourth-order valence-electron chi connectivity index (χ4n) is 6.05. The third-order valence-corrected chi connectivity index (χ3v) is 7.86. The lowest BCUT2D eigenvalue weighted by molar-refractivity contribution is -0.675. The number of benzene rings is 1. The molecular formula is C34H46N6+2. The Morgan fingerprint density at radius 2 is 1.10 bits per heavy atom. The normalized spacial score (nSPS) is 11.2. The lowest BCUT2D eigenvalue weighted by Crippen LogP contribution is -2.41. The summed E-state index contributed by atoms with van der Waals surface area (Å²) in [6, 6.07) is 12.4. The van der Waals surface area contributed by atoms with E-state index in [9.17, 15) is 0 Å². The molecule has 0 fully saturated rings. The highest BCUT2D eigenvalue weighted by molar-refractivity contribution is 5.54. The first-order valence-electron chi connectivity index (χ1n) is 14.5. The van der Waals surface area contributed by atoms with Gasteiger partial charge in [-0.3, -0.25) is 11.5 Å². The molecule has 0 saturated carbocycles. The van der Waals surface area contributed by atoms with Crippen LogP contribution in [0.4, 0.5) is 17.5 Å². The summed E-state index contributed by atoms with van der Waals surface area (Å²) in [5, 5.41) is 3.68. The molecule has 4 rings (SSSR count). The van der Waals surface area contributed by atoms with Gasteiger partial charge in [0.1, 0.15) is 18.9 Å². The molecule has 0 saturated heterocycles. The standard InChI is InChI=1S/C34H44N6/c1-8-26-29(17-37-34-16-24(6)15-25(7)38-34)27(9-2)31(21-40-19-23(5)12-14-33(40)36)28(10-3)30(26)20-39-18-22(4)11-13-32(39)35/h11-16,18-19,35-36H,8-10,17,20-21H2,1-7H3,(H,37,38)/p+2. The lowest BCUT2D eigenvalue weighted by Gasteiger charge is -2.26. The smallest absolute Gasteiger partial charge is 0.272 e. The predicted molar refractivity (Wildman–Crippen MR) is 165 cm³/mol. The molecule has 0 aliphatic heterocycles. The van der Waals surface area contributed by atoms with Gasteiger partial charge in [0.05, 0.1) is 12.4 Å². The van der Waals surface area contributed by atoms with Crippen LogP contribution in [0.15, 0.2) is 48.8 Å². The number of rotatable bonds is 10. The average Bonchev–Trinajstić information content (AvgIpc) is 2.91. The van der Waals surface area contributed by atoms with Gasteiger partial charge in [0.15, 0.2) is 0 Å². The lowest BCUT2D eigenvalue weighted by atomic mass is 9.83. The summed E-state index contributed by atoms with van der Waals surface area (Å²) in [7, 11) is 0. The van der Waals surface area contributed by atoms with Crippen molar-refractivity contribution in [2.45, 2.75) is 87.4 Å². The van der Waals surface area contributed by atoms with Crippen LogP contribution in [0.1, 0.15) is 76.5 Å². The van der Waals surface area contributed by atoms with E-state index in [2.05, 4.69) is 92.7 Å². The van der Waals surface area contributed by atoms with Gasteiger partial charge in [-0.25, -0.2) is 14.1 Å². The number of aryl methyl sites for hydroxylation is 4. The number of nitrogens with two attached hydrogens (primary N) is 2. The molecule has 0 aliphatic rings. The van der Waals surface area contributed by atoms with Gasteiger partial charge in [0.2, 0.25) is 0 Å². The van der Waals surface area contributed by atoms with Crippen molar-refractivity contribution in [3.05, 3.63) is 105 Å². The maximum Gasteiger partial charge on any atom is 0.272 e. The van der Waals surface area contributed by atoms with Crippen molar-refractivity contribution in [3.63, 3.8) is 0 Å². The molecule has 5 N–H and O–H groups in total. The van der Waals surface area contributed by atoms with E-state index in [1.807, 2.05) is 19.1 Å². The number of nitrogens with zero attached hydrogens (tertiary/aromatic N) is 3. The van der Waals surface area contributed by atoms with Gasteiger partial charge in [-0.05, 0) is 110 Å². The summed E-state index contributed by atoms with van der Waals surface area (Å²) in [6.07, 6.45) is 7.14. The van der Waals surface area contributed by atoms with E-state index in [1.165, 1.54) is 50.1 Å². The van der Waals surface area contributed by atoms with Crippen LogP contribution < -0.4 is 25.9 Å². The topological polar surface area (TPSA) is 84.7 Å². The van der Waals surface area contributed by atoms with Gasteiger partial charge in [-0.1, -0.05) is 20.8 Å². The van der Waals surface area contributed by atoms with Crippen LogP contribution in [0.5, 0.6) is 0 Å². The number of aromatic nitrogens is 3. The molecule has 6 nitrogen and oxygen atoms in total. The first-order valence-corrected chi connectivity index (χ1v) is 14.5. The van der Waals surface area contributed by atoms with Crippen LogP contribution in [0.3, 0.4) is 0 Å². The van der Waals surface area contributed by atoms with E-state index < -0.39 is 0 Å². The van der Waals surface area contributed by atoms with E-state index in [0.29, 0.717) is 6.54 Å². The largest absolute Gasteiger partial charge is 0.366 e. The molecule has 3 aromatic heterocycles. The average molecular weight is 539 g/mol. The summed E-state index contributed by atoms with van der Waals surface area (Å²) in [5.74, 6) is 2.46. The molecule has 0 bridgehead atoms. The Balaban J connectivity index is 1.94. The number of anilines is 3. The van der Waals surface area contributed by atoms with Crippen molar-refractivity contribution in [1.82, 2.24) is 4.98 Å². The van der Waals surface area contributed by atoms with Gasteiger partial charge >= 0.3 is 0 Å². The highest BCUT2D eigenvalue weighted by atomic mass is 15.0. The minimum absolute atomic E-state index is 0.716. The second-order valence-corrected chi connectivity index (χ2v) is 11.0. The van der Waals surface area contributed by atoms with Gasteiger partial charge < -0.3 is 5.32 Å². The molecular weight excluding hydrogens is 492 g/mol. The zero-order valence-corrected chi connectivity index (χ0v) is 25.4. The van der Waals surface area contributed by atoms with Crippen LogP contribution in [-0.2, 0) is 38.9 Å². The van der Waals surface area contributed by atoms with Crippen LogP contribution in [0.2, 0.25) is 0 Å².